The number of hydrogen-bond donors (Lipinski definition) is 2. The number of unbranched alkanes of at least 4 members (excludes halogenated alkanes) is 3. The molecule has 2 atom stereocenters. The molecular weight excluding hydrogens is 426 g/mol. The number of hydrogen-bond acceptors (Lipinski definition) is 5. The minimum Gasteiger partial charge on any atom is -0.469 e. The van der Waals surface area contributed by atoms with Crippen molar-refractivity contribution in [2.24, 2.45) is 0 Å². The van der Waals surface area contributed by atoms with Gasteiger partial charge < -0.3 is 9.52 Å². The molecule has 0 aliphatic carbocycles. The maximum atomic E-state index is 12.6. The van der Waals surface area contributed by atoms with Crippen LogP contribution in [0.1, 0.15) is 50.7 Å². The van der Waals surface area contributed by atoms with Crippen LogP contribution in [0.3, 0.4) is 0 Å². The number of thiophene rings is 1. The number of nitrogens with one attached hydrogen (secondary N) is 1. The number of halogens is 1. The first-order chi connectivity index (χ1) is 12.0. The topological polar surface area (TPSA) is 79.5 Å². The highest BCUT2D eigenvalue weighted by atomic mass is 79.9. The van der Waals surface area contributed by atoms with Crippen molar-refractivity contribution in [3.05, 3.63) is 40.1 Å². The Bertz CT molecular complexity index is 728. The Kier molecular flexibility index (Phi) is 8.15. The van der Waals surface area contributed by atoms with Gasteiger partial charge in [-0.25, -0.2) is 13.1 Å². The zero-order valence-electron chi connectivity index (χ0n) is 14.2. The fourth-order valence-electron chi connectivity index (χ4n) is 2.78. The van der Waals surface area contributed by atoms with E-state index >= 15 is 0 Å². The van der Waals surface area contributed by atoms with Gasteiger partial charge in [0.05, 0.1) is 22.7 Å². The van der Waals surface area contributed by atoms with E-state index in [0.717, 1.165) is 47.2 Å². The first-order valence-corrected chi connectivity index (χ1v) is 11.5. The summed E-state index contributed by atoms with van der Waals surface area (Å²) in [5.41, 5.74) is 0. The lowest BCUT2D eigenvalue weighted by Crippen LogP contribution is -2.41. The predicted octanol–water partition coefficient (Wildman–Crippen LogP) is 4.50. The highest BCUT2D eigenvalue weighted by molar-refractivity contribution is 9.11. The third kappa shape index (κ3) is 5.92. The molecule has 0 fully saturated rings. The molecule has 0 aromatic carbocycles. The van der Waals surface area contributed by atoms with Crippen molar-refractivity contribution in [3.63, 3.8) is 0 Å². The van der Waals surface area contributed by atoms with E-state index in [1.165, 1.54) is 0 Å². The lowest BCUT2D eigenvalue weighted by atomic mass is 9.92. The molecule has 5 nitrogen and oxygen atoms in total. The van der Waals surface area contributed by atoms with Crippen molar-refractivity contribution >= 4 is 37.3 Å². The van der Waals surface area contributed by atoms with E-state index in [0.29, 0.717) is 5.76 Å². The SMILES string of the molecule is CCCCCCC(c1ccco1)C(CO)NS(=O)(=O)c1ccc(Br)s1. The third-order valence-corrected chi connectivity index (χ3v) is 7.69. The highest BCUT2D eigenvalue weighted by Crippen LogP contribution is 2.30. The number of aliphatic hydroxyl groups excluding tert-OH is 1. The zero-order valence-corrected chi connectivity index (χ0v) is 17.4. The van der Waals surface area contributed by atoms with Gasteiger partial charge in [0.15, 0.2) is 0 Å². The van der Waals surface area contributed by atoms with Crippen LogP contribution in [0.4, 0.5) is 0 Å². The molecule has 2 N–H and O–H groups in total. The van der Waals surface area contributed by atoms with Crippen LogP contribution in [0.15, 0.2) is 42.9 Å². The molecule has 0 saturated carbocycles. The Morgan fingerprint density at radius 3 is 2.64 bits per heavy atom. The summed E-state index contributed by atoms with van der Waals surface area (Å²) >= 11 is 4.42. The molecule has 0 spiro atoms. The summed E-state index contributed by atoms with van der Waals surface area (Å²) in [6.07, 6.45) is 6.65. The first kappa shape index (κ1) is 20.6. The van der Waals surface area contributed by atoms with Gasteiger partial charge >= 0.3 is 0 Å². The van der Waals surface area contributed by atoms with Gasteiger partial charge in [0.25, 0.3) is 0 Å². The molecule has 2 aromatic rings. The van der Waals surface area contributed by atoms with Gasteiger partial charge in [-0.2, -0.15) is 0 Å². The molecule has 0 saturated heterocycles. The van der Waals surface area contributed by atoms with Crippen LogP contribution in [-0.4, -0.2) is 26.2 Å². The first-order valence-electron chi connectivity index (χ1n) is 8.40. The van der Waals surface area contributed by atoms with E-state index < -0.39 is 16.1 Å². The van der Waals surface area contributed by atoms with Gasteiger partial charge in [0.1, 0.15) is 9.97 Å². The fourth-order valence-corrected chi connectivity index (χ4v) is 6.08. The van der Waals surface area contributed by atoms with Gasteiger partial charge in [-0.3, -0.25) is 0 Å². The Balaban J connectivity index is 2.15. The smallest absolute Gasteiger partial charge is 0.250 e. The summed E-state index contributed by atoms with van der Waals surface area (Å²) < 4.78 is 34.3. The summed E-state index contributed by atoms with van der Waals surface area (Å²) in [5, 5.41) is 9.84. The van der Waals surface area contributed by atoms with E-state index in [1.54, 1.807) is 24.5 Å². The Morgan fingerprint density at radius 2 is 2.08 bits per heavy atom. The number of rotatable bonds is 11. The van der Waals surface area contributed by atoms with Crippen molar-refractivity contribution in [1.29, 1.82) is 0 Å². The molecule has 2 heterocycles. The maximum Gasteiger partial charge on any atom is 0.250 e. The lowest BCUT2D eigenvalue weighted by Gasteiger charge is -2.24. The molecule has 140 valence electrons. The standard InChI is InChI=1S/C17H24BrNO4S2/c1-2-3-4-5-7-13(15-8-6-11-23-15)14(12-20)19-25(21,22)17-10-9-16(18)24-17/h6,8-11,13-14,19-20H,2-5,7,12H2,1H3. The van der Waals surface area contributed by atoms with Crippen molar-refractivity contribution in [2.75, 3.05) is 6.61 Å². The van der Waals surface area contributed by atoms with Crippen LogP contribution in [0.5, 0.6) is 0 Å². The lowest BCUT2D eigenvalue weighted by molar-refractivity contribution is 0.223. The molecule has 0 bridgehead atoms. The Morgan fingerprint density at radius 1 is 1.28 bits per heavy atom. The normalized spacial score (nSPS) is 14.5. The van der Waals surface area contributed by atoms with Gasteiger partial charge in [-0.05, 0) is 46.6 Å². The Hall–Kier alpha value is -0.670. The average molecular weight is 450 g/mol. The molecule has 0 aliphatic heterocycles. The van der Waals surface area contributed by atoms with Crippen LogP contribution in [-0.2, 0) is 10.0 Å². The van der Waals surface area contributed by atoms with Gasteiger partial charge in [-0.15, -0.1) is 11.3 Å². The largest absolute Gasteiger partial charge is 0.469 e. The quantitative estimate of drug-likeness (QED) is 0.494. The molecule has 2 unspecified atom stereocenters. The van der Waals surface area contributed by atoms with Crippen LogP contribution >= 0.6 is 27.3 Å². The average Bonchev–Trinajstić information content (AvgIpc) is 3.25. The molecule has 2 aromatic heterocycles. The molecule has 8 heteroatoms. The molecule has 25 heavy (non-hydrogen) atoms. The number of sulfonamides is 1. The molecule has 0 amide bonds. The molecule has 0 aliphatic rings. The van der Waals surface area contributed by atoms with E-state index in [-0.39, 0.29) is 16.7 Å². The number of furan rings is 1. The summed E-state index contributed by atoms with van der Waals surface area (Å²) in [6, 6.07) is 6.24. The predicted molar refractivity (Wildman–Crippen MR) is 103 cm³/mol. The second-order valence-corrected chi connectivity index (χ2v) is 10.3. The number of aliphatic hydroxyl groups is 1. The van der Waals surface area contributed by atoms with E-state index in [4.69, 9.17) is 4.42 Å². The van der Waals surface area contributed by atoms with Crippen LogP contribution in [0.2, 0.25) is 0 Å². The minimum absolute atomic E-state index is 0.199. The second kappa shape index (κ2) is 9.87. The monoisotopic (exact) mass is 449 g/mol. The zero-order chi connectivity index (χ0) is 18.3. The summed E-state index contributed by atoms with van der Waals surface area (Å²) in [6.45, 7) is 1.86. The van der Waals surface area contributed by atoms with Gasteiger partial charge in [-0.1, -0.05) is 32.6 Å². The molecule has 2 rings (SSSR count). The van der Waals surface area contributed by atoms with Crippen LogP contribution in [0, 0.1) is 0 Å². The van der Waals surface area contributed by atoms with E-state index in [2.05, 4.69) is 27.6 Å². The third-order valence-electron chi connectivity index (χ3n) is 4.08. The van der Waals surface area contributed by atoms with Crippen molar-refractivity contribution < 1.29 is 17.9 Å². The molecular formula is C17H24BrNO4S2. The van der Waals surface area contributed by atoms with Crippen LogP contribution in [0.25, 0.3) is 0 Å². The maximum absolute atomic E-state index is 12.6. The van der Waals surface area contributed by atoms with E-state index in [1.807, 2.05) is 6.07 Å². The summed E-state index contributed by atoms with van der Waals surface area (Å²) in [5.74, 6) is 0.501. The van der Waals surface area contributed by atoms with Crippen molar-refractivity contribution in [3.8, 4) is 0 Å². The highest BCUT2D eigenvalue weighted by Gasteiger charge is 2.30. The van der Waals surface area contributed by atoms with Gasteiger partial charge in [0.2, 0.25) is 10.0 Å². The van der Waals surface area contributed by atoms with Crippen LogP contribution < -0.4 is 4.72 Å². The summed E-state index contributed by atoms with van der Waals surface area (Å²) in [4.78, 5) is 0. The molecule has 0 radical (unpaired) electrons. The second-order valence-electron chi connectivity index (χ2n) is 5.94. The summed E-state index contributed by atoms with van der Waals surface area (Å²) in [7, 11) is -3.69. The van der Waals surface area contributed by atoms with E-state index in [9.17, 15) is 13.5 Å². The minimum atomic E-state index is -3.69. The van der Waals surface area contributed by atoms with Crippen molar-refractivity contribution in [2.45, 2.75) is 55.2 Å². The Labute approximate surface area is 161 Å². The van der Waals surface area contributed by atoms with Gasteiger partial charge in [0, 0.05) is 5.92 Å². The fraction of sp³-hybridized carbons (Fsp3) is 0.529. The van der Waals surface area contributed by atoms with Crippen molar-refractivity contribution in [1.82, 2.24) is 4.72 Å².